The molecule has 0 saturated carbocycles. The summed E-state index contributed by atoms with van der Waals surface area (Å²) in [5, 5.41) is 0. The zero-order valence-corrected chi connectivity index (χ0v) is 14.4. The van der Waals surface area contributed by atoms with Crippen molar-refractivity contribution in [3.05, 3.63) is 71.8 Å². The van der Waals surface area contributed by atoms with Gasteiger partial charge in [-0.25, -0.2) is 9.59 Å². The summed E-state index contributed by atoms with van der Waals surface area (Å²) in [6.45, 7) is 0. The number of hydrogen-bond acceptors (Lipinski definition) is 4. The van der Waals surface area contributed by atoms with Gasteiger partial charge in [-0.2, -0.15) is 0 Å². The third-order valence-corrected chi connectivity index (χ3v) is 4.73. The summed E-state index contributed by atoms with van der Waals surface area (Å²) in [5.74, 6) is -2.01. The zero-order chi connectivity index (χ0) is 16.9. The summed E-state index contributed by atoms with van der Waals surface area (Å²) >= 11 is 3.33. The molecule has 0 atom stereocenters. The monoisotopic (exact) mass is 376 g/mol. The summed E-state index contributed by atoms with van der Waals surface area (Å²) < 4.78 is 8.08. The third-order valence-electron chi connectivity index (χ3n) is 3.63. The number of rotatable bonds is 5. The summed E-state index contributed by atoms with van der Waals surface area (Å²) in [4.78, 5) is 24.9. The summed E-state index contributed by atoms with van der Waals surface area (Å²) in [6.07, 6.45) is 0. The van der Waals surface area contributed by atoms with Crippen LogP contribution in [0.5, 0.6) is 0 Å². The van der Waals surface area contributed by atoms with E-state index in [1.807, 2.05) is 60.7 Å². The zero-order valence-electron chi connectivity index (χ0n) is 12.9. The molecule has 2 rings (SSSR count). The normalized spacial score (nSPS) is 11.1. The fraction of sp³-hybridized carbons (Fsp3) is 0.222. The first-order valence-electron chi connectivity index (χ1n) is 7.01. The van der Waals surface area contributed by atoms with Gasteiger partial charge in [-0.05, 0) is 11.1 Å². The first-order valence-corrected chi connectivity index (χ1v) is 7.80. The lowest BCUT2D eigenvalue weighted by Crippen LogP contribution is -2.48. The molecule has 0 amide bonds. The number of methoxy groups -OCH3 is 2. The van der Waals surface area contributed by atoms with Gasteiger partial charge in [0.15, 0.2) is 0 Å². The van der Waals surface area contributed by atoms with E-state index in [1.54, 1.807) is 0 Å². The molecular weight excluding hydrogens is 360 g/mol. The maximum absolute atomic E-state index is 12.5. The maximum Gasteiger partial charge on any atom is 0.335 e. The van der Waals surface area contributed by atoms with Crippen molar-refractivity contribution in [1.29, 1.82) is 0 Å². The number of halogens is 1. The van der Waals surface area contributed by atoms with Crippen molar-refractivity contribution in [2.45, 2.75) is 10.2 Å². The lowest BCUT2D eigenvalue weighted by atomic mass is 9.80. The molecule has 0 aliphatic heterocycles. The number of ether oxygens (including phenoxy) is 2. The van der Waals surface area contributed by atoms with E-state index in [0.29, 0.717) is 0 Å². The van der Waals surface area contributed by atoms with Crippen LogP contribution in [0.3, 0.4) is 0 Å². The van der Waals surface area contributed by atoms with Crippen molar-refractivity contribution in [2.24, 2.45) is 0 Å². The molecule has 0 heterocycles. The average molecular weight is 377 g/mol. The standard InChI is InChI=1S/C18H17BrO4/c1-22-16(20)18(19,17(21)23-2)15(13-9-5-3-6-10-13)14-11-7-4-8-12-14/h3-12,15H,1-2H3. The largest absolute Gasteiger partial charge is 0.468 e. The van der Waals surface area contributed by atoms with E-state index in [9.17, 15) is 9.59 Å². The van der Waals surface area contributed by atoms with Crippen LogP contribution >= 0.6 is 15.9 Å². The molecular formula is C18H17BrO4. The molecule has 0 bridgehead atoms. The van der Waals surface area contributed by atoms with E-state index < -0.39 is 22.2 Å². The van der Waals surface area contributed by atoms with Crippen molar-refractivity contribution in [3.8, 4) is 0 Å². The van der Waals surface area contributed by atoms with Gasteiger partial charge >= 0.3 is 11.9 Å². The molecule has 0 fully saturated rings. The summed E-state index contributed by atoms with van der Waals surface area (Å²) in [7, 11) is 2.49. The van der Waals surface area contributed by atoms with Crippen molar-refractivity contribution in [2.75, 3.05) is 14.2 Å². The Labute approximate surface area is 143 Å². The molecule has 0 saturated heterocycles. The fourth-order valence-electron chi connectivity index (χ4n) is 2.56. The van der Waals surface area contributed by atoms with Crippen molar-refractivity contribution in [1.82, 2.24) is 0 Å². The Morgan fingerprint density at radius 3 is 1.48 bits per heavy atom. The highest BCUT2D eigenvalue weighted by molar-refractivity contribution is 9.10. The van der Waals surface area contributed by atoms with Gasteiger partial charge < -0.3 is 9.47 Å². The minimum Gasteiger partial charge on any atom is -0.468 e. The van der Waals surface area contributed by atoms with E-state index in [4.69, 9.17) is 9.47 Å². The van der Waals surface area contributed by atoms with Crippen LogP contribution in [0.1, 0.15) is 17.0 Å². The molecule has 0 aliphatic rings. The van der Waals surface area contributed by atoms with Crippen LogP contribution in [-0.4, -0.2) is 30.5 Å². The Balaban J connectivity index is 2.68. The van der Waals surface area contributed by atoms with Crippen LogP contribution < -0.4 is 0 Å². The van der Waals surface area contributed by atoms with Gasteiger partial charge in [0.25, 0.3) is 0 Å². The second-order valence-corrected chi connectivity index (χ2v) is 6.20. The van der Waals surface area contributed by atoms with Crippen molar-refractivity contribution >= 4 is 27.9 Å². The molecule has 0 unspecified atom stereocenters. The minimum absolute atomic E-state index is 0.593. The van der Waals surface area contributed by atoms with Crippen LogP contribution in [0.25, 0.3) is 0 Å². The number of esters is 2. The second kappa shape index (κ2) is 7.42. The smallest absolute Gasteiger partial charge is 0.335 e. The number of benzene rings is 2. The first-order chi connectivity index (χ1) is 11.1. The molecule has 2 aromatic rings. The number of carbonyl (C=O) groups excluding carboxylic acids is 2. The van der Waals surface area contributed by atoms with Crippen LogP contribution in [0.2, 0.25) is 0 Å². The summed E-state index contributed by atoms with van der Waals surface area (Å²) in [6, 6.07) is 18.6. The quantitative estimate of drug-likeness (QED) is 0.456. The van der Waals surface area contributed by atoms with Crippen LogP contribution in [0, 0.1) is 0 Å². The lowest BCUT2D eigenvalue weighted by molar-refractivity contribution is -0.156. The first kappa shape index (κ1) is 17.2. The third kappa shape index (κ3) is 3.29. The molecule has 4 nitrogen and oxygen atoms in total. The molecule has 120 valence electrons. The van der Waals surface area contributed by atoms with E-state index in [-0.39, 0.29) is 0 Å². The predicted molar refractivity (Wildman–Crippen MR) is 90.4 cm³/mol. The topological polar surface area (TPSA) is 52.6 Å². The minimum atomic E-state index is -1.67. The Bertz CT molecular complexity index is 614. The maximum atomic E-state index is 12.5. The molecule has 0 N–H and O–H groups in total. The van der Waals surface area contributed by atoms with Gasteiger partial charge in [0.05, 0.1) is 14.2 Å². The summed E-state index contributed by atoms with van der Waals surface area (Å²) in [5.41, 5.74) is 1.60. The van der Waals surface area contributed by atoms with E-state index in [2.05, 4.69) is 15.9 Å². The van der Waals surface area contributed by atoms with Gasteiger partial charge in [-0.1, -0.05) is 76.6 Å². The highest BCUT2D eigenvalue weighted by atomic mass is 79.9. The predicted octanol–water partition coefficient (Wildman–Crippen LogP) is 3.30. The molecule has 0 spiro atoms. The molecule has 0 aliphatic carbocycles. The molecule has 5 heteroatoms. The number of hydrogen-bond donors (Lipinski definition) is 0. The molecule has 23 heavy (non-hydrogen) atoms. The number of carbonyl (C=O) groups is 2. The van der Waals surface area contributed by atoms with Gasteiger partial charge in [0.1, 0.15) is 0 Å². The Morgan fingerprint density at radius 2 is 1.17 bits per heavy atom. The highest BCUT2D eigenvalue weighted by Gasteiger charge is 2.54. The van der Waals surface area contributed by atoms with E-state index >= 15 is 0 Å². The van der Waals surface area contributed by atoms with E-state index in [1.165, 1.54) is 14.2 Å². The fourth-order valence-corrected chi connectivity index (χ4v) is 3.41. The Kier molecular flexibility index (Phi) is 5.55. The highest BCUT2D eigenvalue weighted by Crippen LogP contribution is 2.42. The van der Waals surface area contributed by atoms with E-state index in [0.717, 1.165) is 11.1 Å². The average Bonchev–Trinajstić information content (AvgIpc) is 2.62. The van der Waals surface area contributed by atoms with Crippen molar-refractivity contribution < 1.29 is 19.1 Å². The van der Waals surface area contributed by atoms with Gasteiger partial charge in [-0.15, -0.1) is 0 Å². The SMILES string of the molecule is COC(=O)C(Br)(C(=O)OC)C(c1ccccc1)c1ccccc1. The Morgan fingerprint density at radius 1 is 0.826 bits per heavy atom. The molecule has 0 aromatic heterocycles. The van der Waals surface area contributed by atoms with Gasteiger partial charge in [0, 0.05) is 5.92 Å². The molecule has 2 aromatic carbocycles. The van der Waals surface area contributed by atoms with Gasteiger partial charge in [-0.3, -0.25) is 0 Å². The second-order valence-electron chi connectivity index (χ2n) is 4.95. The van der Waals surface area contributed by atoms with Crippen LogP contribution in [0.4, 0.5) is 0 Å². The van der Waals surface area contributed by atoms with Crippen LogP contribution in [-0.2, 0) is 19.1 Å². The van der Waals surface area contributed by atoms with Gasteiger partial charge in [0.2, 0.25) is 4.32 Å². The number of alkyl halides is 1. The Hall–Kier alpha value is -2.14. The van der Waals surface area contributed by atoms with Crippen molar-refractivity contribution in [3.63, 3.8) is 0 Å². The molecule has 0 radical (unpaired) electrons. The lowest BCUT2D eigenvalue weighted by Gasteiger charge is -2.31. The van der Waals surface area contributed by atoms with Crippen LogP contribution in [0.15, 0.2) is 60.7 Å².